The van der Waals surface area contributed by atoms with Crippen molar-refractivity contribution < 1.29 is 0 Å². The lowest BCUT2D eigenvalue weighted by molar-refractivity contribution is 0.337. The molecule has 32 heavy (non-hydrogen) atoms. The van der Waals surface area contributed by atoms with Crippen molar-refractivity contribution in [3.05, 3.63) is 59.0 Å². The number of rotatable bonds is 4. The predicted molar refractivity (Wildman–Crippen MR) is 119 cm³/mol. The maximum atomic E-state index is 9.33. The lowest BCUT2D eigenvalue weighted by Gasteiger charge is -2.19. The van der Waals surface area contributed by atoms with Crippen molar-refractivity contribution in [2.45, 2.75) is 45.7 Å². The van der Waals surface area contributed by atoms with Crippen molar-refractivity contribution >= 4 is 5.95 Å². The summed E-state index contributed by atoms with van der Waals surface area (Å²) in [5.41, 5.74) is 12.4. The number of nitrogens with two attached hydrogens (primary N) is 1. The molecule has 0 unspecified atom stereocenters. The van der Waals surface area contributed by atoms with Crippen molar-refractivity contribution in [2.75, 3.05) is 5.73 Å². The number of hydrogen-bond acceptors (Lipinski definition) is 7. The van der Waals surface area contributed by atoms with E-state index in [9.17, 15) is 5.26 Å². The molecule has 1 aromatic carbocycles. The summed E-state index contributed by atoms with van der Waals surface area (Å²) in [6, 6.07) is 11.7. The van der Waals surface area contributed by atoms with Crippen molar-refractivity contribution in [3.63, 3.8) is 0 Å². The second-order valence-electron chi connectivity index (χ2n) is 8.74. The van der Waals surface area contributed by atoms with Crippen LogP contribution in [0.2, 0.25) is 0 Å². The molecule has 1 aliphatic heterocycles. The largest absolute Gasteiger partial charge is 0.368 e. The van der Waals surface area contributed by atoms with Crippen molar-refractivity contribution in [1.82, 2.24) is 34.7 Å². The van der Waals surface area contributed by atoms with Crippen LogP contribution in [-0.4, -0.2) is 34.7 Å². The van der Waals surface area contributed by atoms with Crippen LogP contribution in [0.15, 0.2) is 36.5 Å². The van der Waals surface area contributed by atoms with Crippen LogP contribution >= 0.6 is 0 Å². The van der Waals surface area contributed by atoms with Gasteiger partial charge in [0.1, 0.15) is 5.69 Å². The molecule has 9 heteroatoms. The molecule has 5 rings (SSSR count). The number of nitriles is 1. The standard InChI is InChI=1S/C23H23N9/c1-14-15(11-24)5-4-6-18(14)19-10-20(27-22(25)26-19)21-13-31(30-28-21)12-16-9-17-7-8-23(2,3)32(17)29-16/h4-6,9-10,13H,7-8,12H2,1-3H3,(H2,25,26,27). The highest BCUT2D eigenvalue weighted by molar-refractivity contribution is 5.71. The van der Waals surface area contributed by atoms with Crippen LogP contribution in [0.5, 0.6) is 0 Å². The molecule has 1 aliphatic rings. The van der Waals surface area contributed by atoms with Crippen molar-refractivity contribution in [2.24, 2.45) is 0 Å². The van der Waals surface area contributed by atoms with E-state index in [1.54, 1.807) is 10.7 Å². The molecule has 0 saturated carbocycles. The summed E-state index contributed by atoms with van der Waals surface area (Å²) in [7, 11) is 0. The fourth-order valence-electron chi connectivity index (χ4n) is 4.22. The lowest BCUT2D eigenvalue weighted by Crippen LogP contribution is -2.23. The number of aryl methyl sites for hydroxylation is 1. The zero-order valence-electron chi connectivity index (χ0n) is 18.2. The van der Waals surface area contributed by atoms with Gasteiger partial charge >= 0.3 is 0 Å². The zero-order valence-corrected chi connectivity index (χ0v) is 18.2. The Morgan fingerprint density at radius 1 is 1.16 bits per heavy atom. The van der Waals surface area contributed by atoms with Crippen LogP contribution in [0, 0.1) is 18.3 Å². The first-order valence-electron chi connectivity index (χ1n) is 10.5. The molecule has 0 spiro atoms. The number of anilines is 1. The fourth-order valence-corrected chi connectivity index (χ4v) is 4.22. The Labute approximate surface area is 185 Å². The van der Waals surface area contributed by atoms with E-state index in [4.69, 9.17) is 10.8 Å². The van der Waals surface area contributed by atoms with E-state index in [0.29, 0.717) is 29.2 Å². The van der Waals surface area contributed by atoms with Gasteiger partial charge in [-0.15, -0.1) is 5.10 Å². The SMILES string of the molecule is Cc1c(C#N)cccc1-c1cc(-c2cn(Cc3cc4n(n3)C(C)(C)CC4)nn2)nc(N)n1. The summed E-state index contributed by atoms with van der Waals surface area (Å²) < 4.78 is 3.87. The van der Waals surface area contributed by atoms with Crippen LogP contribution in [0.3, 0.4) is 0 Å². The summed E-state index contributed by atoms with van der Waals surface area (Å²) >= 11 is 0. The Morgan fingerprint density at radius 3 is 2.75 bits per heavy atom. The summed E-state index contributed by atoms with van der Waals surface area (Å²) in [4.78, 5) is 8.72. The van der Waals surface area contributed by atoms with Gasteiger partial charge in [-0.25, -0.2) is 14.6 Å². The Bertz CT molecular complexity index is 1370. The molecule has 0 amide bonds. The number of hydrogen-bond donors (Lipinski definition) is 1. The normalized spacial score (nSPS) is 14.3. The third-order valence-electron chi connectivity index (χ3n) is 6.00. The average Bonchev–Trinajstić information content (AvgIpc) is 3.45. The number of nitrogen functional groups attached to an aromatic ring is 1. The van der Waals surface area contributed by atoms with E-state index in [1.165, 1.54) is 5.69 Å². The molecule has 0 atom stereocenters. The molecule has 2 N–H and O–H groups in total. The monoisotopic (exact) mass is 425 g/mol. The van der Waals surface area contributed by atoms with Gasteiger partial charge < -0.3 is 5.73 Å². The minimum atomic E-state index is 0.0526. The molecule has 3 aromatic heterocycles. The van der Waals surface area contributed by atoms with E-state index >= 15 is 0 Å². The minimum absolute atomic E-state index is 0.0526. The number of fused-ring (bicyclic) bond motifs is 1. The zero-order chi connectivity index (χ0) is 22.5. The van der Waals surface area contributed by atoms with E-state index < -0.39 is 0 Å². The highest BCUT2D eigenvalue weighted by Gasteiger charge is 2.30. The van der Waals surface area contributed by atoms with Gasteiger partial charge in [0.05, 0.1) is 47.0 Å². The van der Waals surface area contributed by atoms with Crippen LogP contribution in [-0.2, 0) is 18.5 Å². The summed E-state index contributed by atoms with van der Waals surface area (Å²) in [5.74, 6) is 0.140. The van der Waals surface area contributed by atoms with Gasteiger partial charge in [-0.2, -0.15) is 10.4 Å². The van der Waals surface area contributed by atoms with Crippen LogP contribution in [0.4, 0.5) is 5.95 Å². The Hall–Kier alpha value is -4.06. The maximum Gasteiger partial charge on any atom is 0.221 e. The lowest BCUT2D eigenvalue weighted by atomic mass is 10.00. The first kappa shape index (κ1) is 19.9. The molecular weight excluding hydrogens is 402 g/mol. The summed E-state index contributed by atoms with van der Waals surface area (Å²) in [6.07, 6.45) is 3.98. The van der Waals surface area contributed by atoms with Gasteiger partial charge in [-0.3, -0.25) is 4.68 Å². The van der Waals surface area contributed by atoms with Gasteiger partial charge in [-0.1, -0.05) is 17.3 Å². The highest BCUT2D eigenvalue weighted by Crippen LogP contribution is 2.31. The third-order valence-corrected chi connectivity index (χ3v) is 6.00. The van der Waals surface area contributed by atoms with Gasteiger partial charge in [0.15, 0.2) is 0 Å². The quantitative estimate of drug-likeness (QED) is 0.533. The molecule has 0 aliphatic carbocycles. The molecule has 4 heterocycles. The Morgan fingerprint density at radius 2 is 1.97 bits per heavy atom. The van der Waals surface area contributed by atoms with Gasteiger partial charge in [0.2, 0.25) is 5.95 Å². The summed E-state index contributed by atoms with van der Waals surface area (Å²) in [5, 5.41) is 22.6. The molecule has 160 valence electrons. The first-order valence-corrected chi connectivity index (χ1v) is 10.5. The number of benzene rings is 1. The molecule has 0 saturated heterocycles. The van der Waals surface area contributed by atoms with Crippen LogP contribution in [0.1, 0.15) is 42.8 Å². The maximum absolute atomic E-state index is 9.33. The van der Waals surface area contributed by atoms with E-state index in [1.807, 2.05) is 31.3 Å². The first-order chi connectivity index (χ1) is 15.3. The Balaban J connectivity index is 1.44. The third kappa shape index (κ3) is 3.39. The van der Waals surface area contributed by atoms with E-state index in [0.717, 1.165) is 29.7 Å². The predicted octanol–water partition coefficient (Wildman–Crippen LogP) is 3.09. The molecule has 4 aromatic rings. The molecule has 0 radical (unpaired) electrons. The topological polar surface area (TPSA) is 124 Å². The van der Waals surface area contributed by atoms with E-state index in [2.05, 4.69) is 50.9 Å². The van der Waals surface area contributed by atoms with E-state index in [-0.39, 0.29) is 11.5 Å². The second-order valence-corrected chi connectivity index (χ2v) is 8.74. The van der Waals surface area contributed by atoms with Crippen molar-refractivity contribution in [1.29, 1.82) is 5.26 Å². The molecule has 9 nitrogen and oxygen atoms in total. The van der Waals surface area contributed by atoms with Gasteiger partial charge in [0.25, 0.3) is 0 Å². The molecule has 0 bridgehead atoms. The molecule has 0 fully saturated rings. The van der Waals surface area contributed by atoms with Gasteiger partial charge in [-0.05, 0) is 57.4 Å². The fraction of sp³-hybridized carbons (Fsp3) is 0.304. The van der Waals surface area contributed by atoms with Crippen LogP contribution in [0.25, 0.3) is 22.6 Å². The van der Waals surface area contributed by atoms with Crippen molar-refractivity contribution in [3.8, 4) is 28.7 Å². The summed E-state index contributed by atoms with van der Waals surface area (Å²) in [6.45, 7) is 6.84. The highest BCUT2D eigenvalue weighted by atomic mass is 15.4. The van der Waals surface area contributed by atoms with Gasteiger partial charge in [0, 0.05) is 11.3 Å². The number of aromatic nitrogens is 7. The average molecular weight is 426 g/mol. The number of nitrogens with zero attached hydrogens (tertiary/aromatic N) is 8. The second kappa shape index (κ2) is 7.27. The van der Waals surface area contributed by atoms with Crippen LogP contribution < -0.4 is 5.73 Å². The molecular formula is C23H23N9. The smallest absolute Gasteiger partial charge is 0.221 e. The minimum Gasteiger partial charge on any atom is -0.368 e. The Kier molecular flexibility index (Phi) is 4.51.